The van der Waals surface area contributed by atoms with E-state index in [0.717, 1.165) is 51.6 Å². The van der Waals surface area contributed by atoms with Crippen molar-refractivity contribution >= 4 is 0 Å². The fraction of sp³-hybridized carbons (Fsp3) is 0.960. The second kappa shape index (κ2) is 20.4. The minimum atomic E-state index is -1.77. The molecule has 11 N–H and O–H groups in total. The molecule has 3 saturated carbocycles. The highest BCUT2D eigenvalue weighted by Gasteiger charge is 2.69. The molecule has 10 aliphatic rings. The molecule has 0 radical (unpaired) electrons. The van der Waals surface area contributed by atoms with E-state index in [4.69, 9.17) is 47.4 Å². The van der Waals surface area contributed by atoms with E-state index in [1.165, 1.54) is 12.5 Å². The minimum Gasteiger partial charge on any atom is -0.394 e. The maximum absolute atomic E-state index is 12.2. The van der Waals surface area contributed by atoms with Gasteiger partial charge >= 0.3 is 0 Å². The second-order valence-corrected chi connectivity index (χ2v) is 23.4. The SMILES string of the molecule is C[C@@H]1CC[C@@]2(OC1)O[C@H]1C[C@H]3[C@@H]4CC=C5CC(O[C@@H]6O[C@H](CO)[C@@H](O[C@@H]7O[C@@H](CO[C@@H]8O[C@H](CO)[C@@H](O)[C@H](O)[C@H]8O)[C@H](O)[C@H]7O)[C@H](O)[C@H]6O[C@@H]6O[C@@H](C)[C@H](O)[C@@H](O)[C@H]6O)CC[C@]5(C)[C@H]4CC[C@]3(C)[C@H]1[C@@H]2C. The lowest BCUT2D eigenvalue weighted by Gasteiger charge is -2.58. The molecule has 21 heteroatoms. The van der Waals surface area contributed by atoms with E-state index in [0.29, 0.717) is 48.3 Å². The quantitative estimate of drug-likeness (QED) is 0.107. The number of rotatable bonds is 11. The Labute approximate surface area is 414 Å². The van der Waals surface area contributed by atoms with Gasteiger partial charge in [0.25, 0.3) is 0 Å². The van der Waals surface area contributed by atoms with Gasteiger partial charge in [0, 0.05) is 12.3 Å². The molecule has 9 fully saturated rings. The van der Waals surface area contributed by atoms with Crippen LogP contribution >= 0.6 is 0 Å². The van der Waals surface area contributed by atoms with Gasteiger partial charge in [-0.1, -0.05) is 39.3 Å². The van der Waals surface area contributed by atoms with E-state index in [9.17, 15) is 56.2 Å². The summed E-state index contributed by atoms with van der Waals surface area (Å²) in [6.07, 6.45) is -18.7. The van der Waals surface area contributed by atoms with Gasteiger partial charge in [-0.15, -0.1) is 0 Å². The largest absolute Gasteiger partial charge is 0.394 e. The Morgan fingerprint density at radius 2 is 1.27 bits per heavy atom. The molecule has 0 aromatic heterocycles. The van der Waals surface area contributed by atoms with Gasteiger partial charge in [0.05, 0.1) is 44.7 Å². The van der Waals surface area contributed by atoms with Crippen LogP contribution in [0.2, 0.25) is 0 Å². The van der Waals surface area contributed by atoms with Gasteiger partial charge in [-0.05, 0) is 98.7 Å². The maximum Gasteiger partial charge on any atom is 0.187 e. The summed E-state index contributed by atoms with van der Waals surface area (Å²) in [5, 5.41) is 117. The molecule has 6 saturated heterocycles. The molecule has 0 aromatic rings. The Bertz CT molecular complexity index is 1870. The second-order valence-electron chi connectivity index (χ2n) is 23.4. The Morgan fingerprint density at radius 1 is 0.620 bits per heavy atom. The lowest BCUT2D eigenvalue weighted by Crippen LogP contribution is -2.65. The predicted octanol–water partition coefficient (Wildman–Crippen LogP) is -1.32. The topological polar surface area (TPSA) is 315 Å². The highest BCUT2D eigenvalue weighted by Crippen LogP contribution is 2.70. The Kier molecular flexibility index (Phi) is 15.3. The fourth-order valence-electron chi connectivity index (χ4n) is 15.2. The highest BCUT2D eigenvalue weighted by molar-refractivity contribution is 5.26. The molecule has 0 amide bonds. The van der Waals surface area contributed by atoms with Crippen molar-refractivity contribution < 1.29 is 104 Å². The molecular weight excluding hydrogens is 937 g/mol. The average Bonchev–Trinajstić information content (AvgIpc) is 3.91. The monoisotopic (exact) mass is 1020 g/mol. The highest BCUT2D eigenvalue weighted by atomic mass is 16.8. The zero-order valence-electron chi connectivity index (χ0n) is 41.4. The van der Waals surface area contributed by atoms with Crippen LogP contribution in [-0.2, 0) is 47.4 Å². The number of ether oxygens (including phenoxy) is 10. The molecule has 406 valence electrons. The summed E-state index contributed by atoms with van der Waals surface area (Å²) in [6, 6.07) is 0. The van der Waals surface area contributed by atoms with Gasteiger partial charge in [0.1, 0.15) is 85.5 Å². The molecule has 6 aliphatic heterocycles. The van der Waals surface area contributed by atoms with Crippen molar-refractivity contribution in [1.82, 2.24) is 0 Å². The van der Waals surface area contributed by atoms with Crippen molar-refractivity contribution in [2.24, 2.45) is 46.3 Å². The third kappa shape index (κ3) is 9.12. The summed E-state index contributed by atoms with van der Waals surface area (Å²) in [5.74, 6) is 2.43. The van der Waals surface area contributed by atoms with E-state index in [1.807, 2.05) is 0 Å². The standard InChI is InChI=1S/C50H80O21/c1-20-8-13-50(63-18-20)21(2)32-28(71-50)15-27-25-7-6-23-14-24(9-11-48(23,4)26(25)10-12-49(27,32)5)65-47-43(70-45-40(60)36(56)33(53)22(3)64-45)41(61)42(30(17-52)67-47)69-46-38(58)35(55)31(68-46)19-62-44-39(59)37(57)34(54)29(16-51)66-44/h6,20-22,24-47,51-61H,7-19H2,1-5H3/t20-,21+,22+,24?,25-,26+,27+,28+,29-,30-,31+,32+,33+,34-,35+,36-,37+,38-,39-,40-,41+,42-,43-,44-,45+,46+,47-,48+,49+,50-/m1/s1. The van der Waals surface area contributed by atoms with Crippen molar-refractivity contribution in [1.29, 1.82) is 0 Å². The van der Waals surface area contributed by atoms with Crippen molar-refractivity contribution in [2.45, 2.75) is 227 Å². The molecule has 1 unspecified atom stereocenters. The third-order valence-corrected chi connectivity index (χ3v) is 19.4. The minimum absolute atomic E-state index is 0.0644. The number of allylic oxidation sites excluding steroid dienone is 1. The van der Waals surface area contributed by atoms with Gasteiger partial charge in [0.15, 0.2) is 30.9 Å². The third-order valence-electron chi connectivity index (χ3n) is 19.4. The first-order valence-corrected chi connectivity index (χ1v) is 26.3. The van der Waals surface area contributed by atoms with Crippen LogP contribution in [0.25, 0.3) is 0 Å². The maximum atomic E-state index is 12.2. The number of aliphatic hydroxyl groups excluding tert-OH is 11. The lowest BCUT2D eigenvalue weighted by molar-refractivity contribution is -0.380. The Hall–Kier alpha value is -1.10. The van der Waals surface area contributed by atoms with Crippen molar-refractivity contribution in [2.75, 3.05) is 26.4 Å². The number of hydrogen-bond acceptors (Lipinski definition) is 21. The van der Waals surface area contributed by atoms with Crippen molar-refractivity contribution in [3.8, 4) is 0 Å². The molecule has 10 rings (SSSR count). The first kappa shape index (κ1) is 53.3. The van der Waals surface area contributed by atoms with Gasteiger partial charge < -0.3 is 104 Å². The summed E-state index contributed by atoms with van der Waals surface area (Å²) >= 11 is 0. The number of fused-ring (bicyclic) bond motifs is 7. The van der Waals surface area contributed by atoms with E-state index < -0.39 is 148 Å². The van der Waals surface area contributed by atoms with Crippen LogP contribution in [0.5, 0.6) is 0 Å². The van der Waals surface area contributed by atoms with Crippen LogP contribution in [0.4, 0.5) is 0 Å². The number of aliphatic hydroxyl groups is 11. The molecule has 4 aliphatic carbocycles. The molecule has 0 aromatic carbocycles. The van der Waals surface area contributed by atoms with Crippen LogP contribution in [0, 0.1) is 46.3 Å². The van der Waals surface area contributed by atoms with E-state index in [1.54, 1.807) is 0 Å². The smallest absolute Gasteiger partial charge is 0.187 e. The predicted molar refractivity (Wildman–Crippen MR) is 241 cm³/mol. The molecule has 6 heterocycles. The summed E-state index contributed by atoms with van der Waals surface area (Å²) in [4.78, 5) is 0. The fourth-order valence-corrected chi connectivity index (χ4v) is 15.2. The van der Waals surface area contributed by atoms with Crippen LogP contribution < -0.4 is 0 Å². The summed E-state index contributed by atoms with van der Waals surface area (Å²) < 4.78 is 61.5. The van der Waals surface area contributed by atoms with Gasteiger partial charge in [0.2, 0.25) is 0 Å². The summed E-state index contributed by atoms with van der Waals surface area (Å²) in [5.41, 5.74) is 1.41. The normalized spacial score (nSPS) is 57.2. The molecule has 30 atom stereocenters. The zero-order valence-corrected chi connectivity index (χ0v) is 41.4. The lowest BCUT2D eigenvalue weighted by atomic mass is 9.47. The zero-order chi connectivity index (χ0) is 50.6. The molecule has 1 spiro atoms. The van der Waals surface area contributed by atoms with E-state index >= 15 is 0 Å². The van der Waals surface area contributed by atoms with E-state index in [-0.39, 0.29) is 16.9 Å². The molecular formula is C50H80O21. The van der Waals surface area contributed by atoms with Crippen LogP contribution in [0.1, 0.15) is 92.4 Å². The van der Waals surface area contributed by atoms with E-state index in [2.05, 4.69) is 33.8 Å². The first-order valence-electron chi connectivity index (χ1n) is 26.3. The van der Waals surface area contributed by atoms with Gasteiger partial charge in [-0.2, -0.15) is 0 Å². The van der Waals surface area contributed by atoms with Crippen LogP contribution in [0.3, 0.4) is 0 Å². The van der Waals surface area contributed by atoms with Crippen LogP contribution in [-0.4, -0.2) is 217 Å². The molecule has 71 heavy (non-hydrogen) atoms. The number of hydrogen-bond donors (Lipinski definition) is 11. The summed E-state index contributed by atoms with van der Waals surface area (Å²) in [6.45, 7) is 9.82. The van der Waals surface area contributed by atoms with Gasteiger partial charge in [-0.3, -0.25) is 0 Å². The Morgan fingerprint density at radius 3 is 1.99 bits per heavy atom. The van der Waals surface area contributed by atoms with Crippen LogP contribution in [0.15, 0.2) is 11.6 Å². The Balaban J connectivity index is 0.825. The van der Waals surface area contributed by atoms with Crippen molar-refractivity contribution in [3.05, 3.63) is 11.6 Å². The van der Waals surface area contributed by atoms with Crippen molar-refractivity contribution in [3.63, 3.8) is 0 Å². The van der Waals surface area contributed by atoms with Gasteiger partial charge in [-0.25, -0.2) is 0 Å². The molecule has 0 bridgehead atoms. The average molecular weight is 1020 g/mol. The summed E-state index contributed by atoms with van der Waals surface area (Å²) in [7, 11) is 0. The molecule has 21 nitrogen and oxygen atoms in total. The first-order chi connectivity index (χ1) is 33.7.